The molecule has 22 heavy (non-hydrogen) atoms. The number of hydrogen-bond acceptors (Lipinski definition) is 5. The first-order valence-electron chi connectivity index (χ1n) is 6.73. The molecule has 0 aromatic heterocycles. The highest BCUT2D eigenvalue weighted by Crippen LogP contribution is 2.37. The highest BCUT2D eigenvalue weighted by molar-refractivity contribution is 7.55. The Labute approximate surface area is 130 Å². The van der Waals surface area contributed by atoms with Crippen LogP contribution in [0.15, 0.2) is 11.4 Å². The predicted molar refractivity (Wildman–Crippen MR) is 81.0 cm³/mol. The van der Waals surface area contributed by atoms with Crippen LogP contribution in [0.25, 0.3) is 0 Å². The van der Waals surface area contributed by atoms with Crippen LogP contribution in [0.2, 0.25) is 0 Å². The summed E-state index contributed by atoms with van der Waals surface area (Å²) in [5.74, 6) is -0.392. The summed E-state index contributed by atoms with van der Waals surface area (Å²) in [4.78, 5) is 41.3. The van der Waals surface area contributed by atoms with Gasteiger partial charge in [-0.05, 0) is 41.5 Å². The summed E-state index contributed by atoms with van der Waals surface area (Å²) < 4.78 is 21.0. The van der Waals surface area contributed by atoms with Crippen molar-refractivity contribution < 1.29 is 33.4 Å². The first-order chi connectivity index (χ1) is 9.63. The van der Waals surface area contributed by atoms with Crippen LogP contribution < -0.4 is 0 Å². The minimum absolute atomic E-state index is 0.0310. The summed E-state index contributed by atoms with van der Waals surface area (Å²) in [6.45, 7) is 9.23. The van der Waals surface area contributed by atoms with Crippen LogP contribution in [0.1, 0.15) is 41.5 Å². The van der Waals surface area contributed by atoms with Crippen molar-refractivity contribution in [3.8, 4) is 0 Å². The monoisotopic (exact) mass is 336 g/mol. The molecule has 0 spiro atoms. The van der Waals surface area contributed by atoms with Crippen molar-refractivity contribution in [3.05, 3.63) is 11.4 Å². The van der Waals surface area contributed by atoms with Crippen molar-refractivity contribution in [2.75, 3.05) is 13.2 Å². The van der Waals surface area contributed by atoms with Gasteiger partial charge < -0.3 is 19.3 Å². The zero-order chi connectivity index (χ0) is 17.8. The Morgan fingerprint density at radius 1 is 0.909 bits per heavy atom. The third kappa shape index (κ3) is 8.97. The molecule has 0 fully saturated rings. The maximum absolute atomic E-state index is 11.7. The summed E-state index contributed by atoms with van der Waals surface area (Å²) in [5, 5.41) is 0. The van der Waals surface area contributed by atoms with E-state index >= 15 is 0 Å². The Balaban J connectivity index is 4.89. The van der Waals surface area contributed by atoms with Gasteiger partial charge in [0.15, 0.2) is 0 Å². The smallest absolute Gasteiger partial charge is 0.349 e. The Morgan fingerprint density at radius 3 is 1.45 bits per heavy atom. The third-order valence-corrected chi connectivity index (χ3v) is 3.05. The van der Waals surface area contributed by atoms with Gasteiger partial charge in [-0.3, -0.25) is 14.2 Å². The molecule has 0 bridgehead atoms. The molecule has 2 N–H and O–H groups in total. The molecule has 0 aromatic carbocycles. The van der Waals surface area contributed by atoms with E-state index in [2.05, 4.69) is 0 Å². The normalized spacial score (nSPS) is 12.5. The van der Waals surface area contributed by atoms with Gasteiger partial charge in [0.05, 0.1) is 10.8 Å². The molecule has 0 heterocycles. The number of carbonyl (C=O) groups is 2. The second kappa shape index (κ2) is 7.40. The topological polar surface area (TPSA) is 110 Å². The molecule has 0 unspecified atom stereocenters. The third-order valence-electron chi connectivity index (χ3n) is 2.35. The second-order valence-electron chi connectivity index (χ2n) is 7.03. The molecule has 0 amide bonds. The lowest BCUT2D eigenvalue weighted by Gasteiger charge is -2.19. The number of hydrogen-bond donors (Lipinski definition) is 2. The van der Waals surface area contributed by atoms with E-state index in [4.69, 9.17) is 19.3 Å². The summed E-state index contributed by atoms with van der Waals surface area (Å²) in [5.41, 5.74) is -1.45. The molecular formula is C14H25O7P. The lowest BCUT2D eigenvalue weighted by atomic mass is 9.97. The van der Waals surface area contributed by atoms with Gasteiger partial charge in [-0.15, -0.1) is 0 Å². The Bertz CT molecular complexity index is 456. The van der Waals surface area contributed by atoms with E-state index in [9.17, 15) is 14.2 Å². The molecule has 128 valence electrons. The maximum atomic E-state index is 11.7. The minimum Gasteiger partial charge on any atom is -0.461 e. The van der Waals surface area contributed by atoms with E-state index in [0.29, 0.717) is 5.82 Å². The quantitative estimate of drug-likeness (QED) is 0.585. The van der Waals surface area contributed by atoms with Crippen molar-refractivity contribution in [1.82, 2.24) is 0 Å². The number of esters is 2. The minimum atomic E-state index is -4.47. The Morgan fingerprint density at radius 2 is 1.23 bits per heavy atom. The van der Waals surface area contributed by atoms with Gasteiger partial charge >= 0.3 is 19.5 Å². The van der Waals surface area contributed by atoms with Crippen molar-refractivity contribution in [2.45, 2.75) is 41.5 Å². The molecule has 0 aliphatic rings. The molecule has 0 aliphatic heterocycles. The van der Waals surface area contributed by atoms with Crippen molar-refractivity contribution in [2.24, 2.45) is 10.8 Å². The van der Waals surface area contributed by atoms with Crippen molar-refractivity contribution >= 4 is 19.5 Å². The lowest BCUT2D eigenvalue weighted by Crippen LogP contribution is -2.26. The van der Waals surface area contributed by atoms with Crippen LogP contribution in [0, 0.1) is 10.8 Å². The van der Waals surface area contributed by atoms with Gasteiger partial charge in [-0.2, -0.15) is 0 Å². The van der Waals surface area contributed by atoms with E-state index in [0.717, 1.165) is 0 Å². The summed E-state index contributed by atoms with van der Waals surface area (Å²) in [7, 11) is -4.47. The van der Waals surface area contributed by atoms with Gasteiger partial charge in [-0.1, -0.05) is 0 Å². The van der Waals surface area contributed by atoms with Crippen LogP contribution >= 0.6 is 7.60 Å². The summed E-state index contributed by atoms with van der Waals surface area (Å²) in [6, 6.07) is 0. The van der Waals surface area contributed by atoms with E-state index in [-0.39, 0.29) is 18.8 Å². The first-order valence-corrected chi connectivity index (χ1v) is 8.41. The van der Waals surface area contributed by atoms with E-state index < -0.39 is 30.4 Å². The number of rotatable bonds is 5. The predicted octanol–water partition coefficient (Wildman–Crippen LogP) is 2.23. The van der Waals surface area contributed by atoms with Crippen LogP contribution in [0.5, 0.6) is 0 Å². The van der Waals surface area contributed by atoms with Crippen LogP contribution in [-0.2, 0) is 23.6 Å². The van der Waals surface area contributed by atoms with E-state index in [1.54, 1.807) is 41.5 Å². The molecule has 0 saturated carbocycles. The molecule has 0 aliphatic carbocycles. The van der Waals surface area contributed by atoms with Crippen LogP contribution in [0.4, 0.5) is 0 Å². The molecule has 0 radical (unpaired) electrons. The molecular weight excluding hydrogens is 311 g/mol. The van der Waals surface area contributed by atoms with E-state index in [1.165, 1.54) is 0 Å². The zero-order valence-electron chi connectivity index (χ0n) is 13.9. The lowest BCUT2D eigenvalue weighted by molar-refractivity contribution is -0.153. The molecule has 0 rings (SSSR count). The zero-order valence-corrected chi connectivity index (χ0v) is 14.8. The van der Waals surface area contributed by atoms with Gasteiger partial charge in [0.1, 0.15) is 13.2 Å². The first kappa shape index (κ1) is 20.8. The maximum Gasteiger partial charge on any atom is 0.349 e. The molecule has 0 aromatic rings. The van der Waals surface area contributed by atoms with Gasteiger partial charge in [0, 0.05) is 11.4 Å². The number of ether oxygens (including phenoxy) is 2. The summed E-state index contributed by atoms with van der Waals surface area (Å²) in [6.07, 6.45) is 0. The average Bonchev–Trinajstić information content (AvgIpc) is 2.27. The average molecular weight is 336 g/mol. The van der Waals surface area contributed by atoms with Gasteiger partial charge in [-0.25, -0.2) is 0 Å². The van der Waals surface area contributed by atoms with Crippen molar-refractivity contribution in [3.63, 3.8) is 0 Å². The molecule has 7 nitrogen and oxygen atoms in total. The Hall–Kier alpha value is -1.17. The molecule has 0 atom stereocenters. The SMILES string of the molecule is CC(C)(C)C(=O)OCC(=CP(=O)(O)O)COC(=O)C(C)(C)C. The van der Waals surface area contributed by atoms with Crippen LogP contribution in [-0.4, -0.2) is 34.9 Å². The van der Waals surface area contributed by atoms with Crippen molar-refractivity contribution in [1.29, 1.82) is 0 Å². The number of carbonyl (C=O) groups excluding carboxylic acids is 2. The van der Waals surface area contributed by atoms with Gasteiger partial charge in [0.25, 0.3) is 0 Å². The fourth-order valence-corrected chi connectivity index (χ4v) is 1.73. The fourth-order valence-electron chi connectivity index (χ4n) is 1.10. The highest BCUT2D eigenvalue weighted by Gasteiger charge is 2.26. The van der Waals surface area contributed by atoms with Crippen LogP contribution in [0.3, 0.4) is 0 Å². The molecule has 8 heteroatoms. The second-order valence-corrected chi connectivity index (χ2v) is 8.47. The van der Waals surface area contributed by atoms with Gasteiger partial charge in [0.2, 0.25) is 0 Å². The Kier molecular flexibility index (Phi) is 7.00. The molecule has 0 saturated heterocycles. The highest BCUT2D eigenvalue weighted by atomic mass is 31.2. The fraction of sp³-hybridized carbons (Fsp3) is 0.714. The standard InChI is InChI=1S/C14H25O7P/c1-13(2,3)11(15)20-7-10(9-22(17,18)19)8-21-12(16)14(4,5)6/h9H,7-8H2,1-6H3,(H2,17,18,19). The summed E-state index contributed by atoms with van der Waals surface area (Å²) >= 11 is 0. The van der Waals surface area contributed by atoms with E-state index in [1.807, 2.05) is 0 Å². The largest absolute Gasteiger partial charge is 0.461 e.